The Morgan fingerprint density at radius 2 is 1.90 bits per heavy atom. The summed E-state index contributed by atoms with van der Waals surface area (Å²) in [6, 6.07) is 3.93. The van der Waals surface area contributed by atoms with Gasteiger partial charge in [0.1, 0.15) is 6.10 Å². The van der Waals surface area contributed by atoms with Gasteiger partial charge in [-0.3, -0.25) is 14.9 Å². The molecule has 0 radical (unpaired) electrons. The molecule has 0 aliphatic heterocycles. The molecule has 1 atom stereocenters. The predicted molar refractivity (Wildman–Crippen MR) is 71.1 cm³/mol. The van der Waals surface area contributed by atoms with Crippen LogP contribution in [-0.2, 0) is 9.53 Å². The summed E-state index contributed by atoms with van der Waals surface area (Å²) in [6.07, 6.45) is -2.57. The van der Waals surface area contributed by atoms with Crippen LogP contribution in [0.4, 0.5) is 10.5 Å². The number of hydrogen-bond donors (Lipinski definition) is 1. The van der Waals surface area contributed by atoms with Gasteiger partial charge in [0, 0.05) is 0 Å². The summed E-state index contributed by atoms with van der Waals surface area (Å²) in [4.78, 5) is 32.5. The molecule has 1 rings (SSSR count). The van der Waals surface area contributed by atoms with E-state index >= 15 is 0 Å². The maximum absolute atomic E-state index is 11.6. The Labute approximate surface area is 120 Å². The third-order valence-electron chi connectivity index (χ3n) is 2.61. The average Bonchev–Trinajstić information content (AvgIpc) is 2.36. The van der Waals surface area contributed by atoms with Gasteiger partial charge in [-0.25, -0.2) is 4.79 Å². The van der Waals surface area contributed by atoms with Crippen LogP contribution in [0.15, 0.2) is 18.2 Å². The zero-order valence-electron chi connectivity index (χ0n) is 11.7. The van der Waals surface area contributed by atoms with Crippen LogP contribution in [0, 0.1) is 16.0 Å². The SMILES string of the molecule is CC(C)C(=O)OC(C)c1cccc(OC(=O)O)c1[N+](=O)[O-]. The van der Waals surface area contributed by atoms with Crippen molar-refractivity contribution < 1.29 is 29.1 Å². The van der Waals surface area contributed by atoms with Gasteiger partial charge in [-0.1, -0.05) is 19.9 Å². The summed E-state index contributed by atoms with van der Waals surface area (Å²) in [6.45, 7) is 4.73. The lowest BCUT2D eigenvalue weighted by Crippen LogP contribution is -2.15. The van der Waals surface area contributed by atoms with Gasteiger partial charge >= 0.3 is 17.8 Å². The lowest BCUT2D eigenvalue weighted by Gasteiger charge is -2.16. The number of carboxylic acid groups (broad SMARTS) is 1. The molecule has 1 aromatic rings. The lowest BCUT2D eigenvalue weighted by molar-refractivity contribution is -0.386. The summed E-state index contributed by atoms with van der Waals surface area (Å²) in [5, 5.41) is 19.7. The maximum Gasteiger partial charge on any atom is 0.511 e. The monoisotopic (exact) mass is 297 g/mol. The minimum Gasteiger partial charge on any atom is -0.457 e. The highest BCUT2D eigenvalue weighted by Crippen LogP contribution is 2.36. The Morgan fingerprint density at radius 3 is 2.38 bits per heavy atom. The molecular formula is C13H15NO7. The minimum atomic E-state index is -1.66. The summed E-state index contributed by atoms with van der Waals surface area (Å²) in [5.74, 6) is -1.32. The normalized spacial score (nSPS) is 11.8. The fourth-order valence-corrected chi connectivity index (χ4v) is 1.61. The first-order chi connectivity index (χ1) is 9.73. The molecule has 1 aromatic carbocycles. The first kappa shape index (κ1) is 16.4. The van der Waals surface area contributed by atoms with Crippen LogP contribution in [0.25, 0.3) is 0 Å². The Kier molecular flexibility index (Phi) is 5.23. The molecule has 0 fully saturated rings. The number of carbonyl (C=O) groups is 2. The first-order valence-corrected chi connectivity index (χ1v) is 6.12. The second kappa shape index (κ2) is 6.69. The van der Waals surface area contributed by atoms with Crippen molar-refractivity contribution in [2.75, 3.05) is 0 Å². The lowest BCUT2D eigenvalue weighted by atomic mass is 10.1. The van der Waals surface area contributed by atoms with Crippen LogP contribution in [-0.4, -0.2) is 22.2 Å². The molecule has 21 heavy (non-hydrogen) atoms. The fraction of sp³-hybridized carbons (Fsp3) is 0.385. The predicted octanol–water partition coefficient (Wildman–Crippen LogP) is 2.91. The van der Waals surface area contributed by atoms with Crippen LogP contribution < -0.4 is 4.74 Å². The highest BCUT2D eigenvalue weighted by molar-refractivity contribution is 5.72. The smallest absolute Gasteiger partial charge is 0.457 e. The van der Waals surface area contributed by atoms with Crippen molar-refractivity contribution in [1.29, 1.82) is 0 Å². The number of hydrogen-bond acceptors (Lipinski definition) is 6. The number of ether oxygens (including phenoxy) is 2. The molecule has 0 saturated carbocycles. The van der Waals surface area contributed by atoms with Crippen LogP contribution >= 0.6 is 0 Å². The van der Waals surface area contributed by atoms with Gasteiger partial charge < -0.3 is 14.6 Å². The van der Waals surface area contributed by atoms with Gasteiger partial charge in [0.25, 0.3) is 0 Å². The number of esters is 1. The second-order valence-electron chi connectivity index (χ2n) is 4.55. The van der Waals surface area contributed by atoms with Crippen molar-refractivity contribution in [3.05, 3.63) is 33.9 Å². The van der Waals surface area contributed by atoms with Crippen molar-refractivity contribution in [2.24, 2.45) is 5.92 Å². The molecular weight excluding hydrogens is 282 g/mol. The molecule has 0 aromatic heterocycles. The number of para-hydroxylation sites is 1. The van der Waals surface area contributed by atoms with Crippen LogP contribution in [0.2, 0.25) is 0 Å². The molecule has 0 amide bonds. The van der Waals surface area contributed by atoms with E-state index in [1.807, 2.05) is 0 Å². The zero-order valence-corrected chi connectivity index (χ0v) is 11.7. The fourth-order valence-electron chi connectivity index (χ4n) is 1.61. The Bertz CT molecular complexity index is 568. The largest absolute Gasteiger partial charge is 0.511 e. The Balaban J connectivity index is 3.19. The van der Waals surface area contributed by atoms with Gasteiger partial charge in [0.2, 0.25) is 5.75 Å². The molecule has 8 heteroatoms. The van der Waals surface area contributed by atoms with E-state index in [0.29, 0.717) is 0 Å². The molecule has 8 nitrogen and oxygen atoms in total. The molecule has 114 valence electrons. The minimum absolute atomic E-state index is 0.0627. The van der Waals surface area contributed by atoms with E-state index in [1.165, 1.54) is 19.1 Å². The van der Waals surface area contributed by atoms with E-state index in [4.69, 9.17) is 9.84 Å². The molecule has 0 spiro atoms. The highest BCUT2D eigenvalue weighted by atomic mass is 16.7. The van der Waals surface area contributed by atoms with Crippen LogP contribution in [0.5, 0.6) is 5.75 Å². The van der Waals surface area contributed by atoms with E-state index in [2.05, 4.69) is 4.74 Å². The van der Waals surface area contributed by atoms with Crippen molar-refractivity contribution >= 4 is 17.8 Å². The number of carbonyl (C=O) groups excluding carboxylic acids is 1. The van der Waals surface area contributed by atoms with Crippen molar-refractivity contribution in [1.82, 2.24) is 0 Å². The second-order valence-corrected chi connectivity index (χ2v) is 4.55. The highest BCUT2D eigenvalue weighted by Gasteiger charge is 2.28. The third kappa shape index (κ3) is 4.16. The van der Waals surface area contributed by atoms with E-state index < -0.39 is 34.6 Å². The number of nitro benzene ring substituents is 1. The third-order valence-corrected chi connectivity index (χ3v) is 2.61. The van der Waals surface area contributed by atoms with E-state index in [1.54, 1.807) is 13.8 Å². The summed E-state index contributed by atoms with van der Waals surface area (Å²) in [5.41, 5.74) is -0.475. The zero-order chi connectivity index (χ0) is 16.2. The van der Waals surface area contributed by atoms with Crippen LogP contribution in [0.3, 0.4) is 0 Å². The van der Waals surface area contributed by atoms with E-state index in [9.17, 15) is 19.7 Å². The average molecular weight is 297 g/mol. The Morgan fingerprint density at radius 1 is 1.29 bits per heavy atom. The molecule has 0 heterocycles. The standard InChI is InChI=1S/C13H15NO7/c1-7(2)12(15)20-8(3)9-5-4-6-10(21-13(16)17)11(9)14(18)19/h4-8H,1-3H3,(H,16,17). The van der Waals surface area contributed by atoms with Crippen molar-refractivity contribution in [2.45, 2.75) is 26.9 Å². The topological polar surface area (TPSA) is 116 Å². The van der Waals surface area contributed by atoms with E-state index in [0.717, 1.165) is 6.07 Å². The van der Waals surface area contributed by atoms with Crippen molar-refractivity contribution in [3.63, 3.8) is 0 Å². The van der Waals surface area contributed by atoms with Gasteiger partial charge in [-0.2, -0.15) is 0 Å². The summed E-state index contributed by atoms with van der Waals surface area (Å²) >= 11 is 0. The molecule has 0 bridgehead atoms. The molecule has 1 N–H and O–H groups in total. The van der Waals surface area contributed by atoms with Gasteiger partial charge in [-0.05, 0) is 19.1 Å². The van der Waals surface area contributed by atoms with Gasteiger partial charge in [0.05, 0.1) is 16.4 Å². The summed E-state index contributed by atoms with van der Waals surface area (Å²) < 4.78 is 9.49. The molecule has 0 saturated heterocycles. The molecule has 0 aliphatic rings. The summed E-state index contributed by atoms with van der Waals surface area (Å²) in [7, 11) is 0. The maximum atomic E-state index is 11.6. The van der Waals surface area contributed by atoms with E-state index in [-0.39, 0.29) is 11.5 Å². The van der Waals surface area contributed by atoms with Crippen LogP contribution in [0.1, 0.15) is 32.4 Å². The quantitative estimate of drug-likeness (QED) is 0.384. The molecule has 0 aliphatic carbocycles. The van der Waals surface area contributed by atoms with Crippen molar-refractivity contribution in [3.8, 4) is 5.75 Å². The molecule has 1 unspecified atom stereocenters. The van der Waals surface area contributed by atoms with Gasteiger partial charge in [-0.15, -0.1) is 0 Å². The Hall–Kier alpha value is -2.64. The number of rotatable bonds is 5. The number of benzene rings is 1. The number of nitro groups is 1. The number of nitrogens with zero attached hydrogens (tertiary/aromatic N) is 1. The first-order valence-electron chi connectivity index (χ1n) is 6.12. The van der Waals surface area contributed by atoms with Gasteiger partial charge in [0.15, 0.2) is 0 Å².